The number of rotatable bonds is 3. The zero-order chi connectivity index (χ0) is 16.4. The first kappa shape index (κ1) is 16.3. The largest absolute Gasteiger partial charge is 0.455 e. The van der Waals surface area contributed by atoms with Crippen LogP contribution in [0.1, 0.15) is 18.4 Å². The van der Waals surface area contributed by atoms with Gasteiger partial charge in [0.25, 0.3) is 0 Å². The normalized spacial score (nSPS) is 13.8. The molecule has 0 bridgehead atoms. The highest BCUT2D eigenvalue weighted by molar-refractivity contribution is 9.11. The highest BCUT2D eigenvalue weighted by Crippen LogP contribution is 2.40. The van der Waals surface area contributed by atoms with Crippen LogP contribution < -0.4 is 21.3 Å². The van der Waals surface area contributed by atoms with Gasteiger partial charge in [0.2, 0.25) is 5.91 Å². The summed E-state index contributed by atoms with van der Waals surface area (Å²) in [6, 6.07) is 9.37. The Hall–Kier alpha value is -1.57. The van der Waals surface area contributed by atoms with Gasteiger partial charge in [0.05, 0.1) is 14.6 Å². The fourth-order valence-corrected chi connectivity index (χ4v) is 3.82. The van der Waals surface area contributed by atoms with Gasteiger partial charge in [-0.3, -0.25) is 10.6 Å². The van der Waals surface area contributed by atoms with E-state index in [2.05, 4.69) is 42.6 Å². The molecule has 1 heterocycles. The summed E-state index contributed by atoms with van der Waals surface area (Å²) in [5.41, 5.74) is 5.31. The van der Waals surface area contributed by atoms with Crippen LogP contribution in [0.15, 0.2) is 39.3 Å². The average Bonchev–Trinajstić information content (AvgIpc) is 2.70. The van der Waals surface area contributed by atoms with Gasteiger partial charge < -0.3 is 15.5 Å². The molecule has 0 aliphatic carbocycles. The van der Waals surface area contributed by atoms with Crippen molar-refractivity contribution in [3.63, 3.8) is 0 Å². The van der Waals surface area contributed by atoms with Crippen molar-refractivity contribution in [2.24, 2.45) is 5.84 Å². The van der Waals surface area contributed by atoms with Crippen molar-refractivity contribution >= 4 is 49.1 Å². The number of aryl methyl sites for hydroxylation is 1. The Kier molecular flexibility index (Phi) is 4.89. The number of hydrazine groups is 1. The van der Waals surface area contributed by atoms with Crippen molar-refractivity contribution in [3.8, 4) is 11.5 Å². The monoisotopic (exact) mass is 439 g/mol. The summed E-state index contributed by atoms with van der Waals surface area (Å²) in [5, 5.41) is 2.92. The predicted molar refractivity (Wildman–Crippen MR) is 97.7 cm³/mol. The molecule has 4 N–H and O–H groups in total. The molecule has 2 aromatic rings. The van der Waals surface area contributed by atoms with Gasteiger partial charge in [0.1, 0.15) is 5.75 Å². The maximum Gasteiger partial charge on any atom is 0.224 e. The van der Waals surface area contributed by atoms with E-state index in [1.807, 2.05) is 30.3 Å². The number of ether oxygens (including phenoxy) is 1. The molecule has 0 unspecified atom stereocenters. The minimum Gasteiger partial charge on any atom is -0.455 e. The number of halogens is 2. The second-order valence-electron chi connectivity index (χ2n) is 5.24. The molecule has 0 saturated carbocycles. The second-order valence-corrected chi connectivity index (χ2v) is 6.94. The lowest BCUT2D eigenvalue weighted by Crippen LogP contribution is -2.09. The van der Waals surface area contributed by atoms with Gasteiger partial charge in [-0.25, -0.2) is 0 Å². The zero-order valence-corrected chi connectivity index (χ0v) is 15.3. The van der Waals surface area contributed by atoms with Crippen LogP contribution >= 0.6 is 31.9 Å². The second kappa shape index (κ2) is 6.90. The van der Waals surface area contributed by atoms with Crippen LogP contribution in [-0.2, 0) is 11.2 Å². The lowest BCUT2D eigenvalue weighted by atomic mass is 10.1. The third kappa shape index (κ3) is 3.68. The lowest BCUT2D eigenvalue weighted by Gasteiger charge is -2.14. The van der Waals surface area contributed by atoms with Crippen LogP contribution in [0.25, 0.3) is 0 Å². The standard InChI is InChI=1S/C16H15Br2N3O2/c17-12-7-10(21-19)8-13(18)16(12)23-11-4-5-14-9(6-11)2-1-3-15(22)20-14/h4-8,21H,1-3,19H2,(H,20,22). The van der Waals surface area contributed by atoms with Crippen LogP contribution in [0.3, 0.4) is 0 Å². The lowest BCUT2D eigenvalue weighted by molar-refractivity contribution is -0.116. The van der Waals surface area contributed by atoms with Crippen molar-refractivity contribution in [3.05, 3.63) is 44.8 Å². The molecule has 1 aliphatic heterocycles. The smallest absolute Gasteiger partial charge is 0.224 e. The number of nitrogens with two attached hydrogens (primary N) is 1. The number of carbonyl (C=O) groups is 1. The van der Waals surface area contributed by atoms with Gasteiger partial charge in [-0.1, -0.05) is 0 Å². The molecule has 120 valence electrons. The Labute approximate surface area is 150 Å². The van der Waals surface area contributed by atoms with E-state index in [1.54, 1.807) is 0 Å². The number of hydrogen-bond donors (Lipinski definition) is 3. The average molecular weight is 441 g/mol. The molecule has 0 fully saturated rings. The first-order valence-corrected chi connectivity index (χ1v) is 8.71. The van der Waals surface area contributed by atoms with Gasteiger partial charge in [-0.05, 0) is 80.6 Å². The maximum absolute atomic E-state index is 11.6. The molecule has 0 spiro atoms. The van der Waals surface area contributed by atoms with E-state index in [0.29, 0.717) is 12.2 Å². The van der Waals surface area contributed by atoms with Crippen LogP contribution in [0, 0.1) is 0 Å². The van der Waals surface area contributed by atoms with E-state index >= 15 is 0 Å². The third-order valence-corrected chi connectivity index (χ3v) is 4.76. The summed E-state index contributed by atoms with van der Waals surface area (Å²) >= 11 is 6.97. The maximum atomic E-state index is 11.6. The van der Waals surface area contributed by atoms with Crippen LogP contribution in [0.5, 0.6) is 11.5 Å². The molecule has 23 heavy (non-hydrogen) atoms. The minimum absolute atomic E-state index is 0.0628. The number of benzene rings is 2. The molecule has 0 saturated heterocycles. The van der Waals surface area contributed by atoms with Crippen LogP contribution in [-0.4, -0.2) is 5.91 Å². The highest BCUT2D eigenvalue weighted by atomic mass is 79.9. The molecular weight excluding hydrogens is 426 g/mol. The molecule has 0 atom stereocenters. The topological polar surface area (TPSA) is 76.4 Å². The Morgan fingerprint density at radius 2 is 1.87 bits per heavy atom. The number of anilines is 2. The molecule has 3 rings (SSSR count). The number of carbonyl (C=O) groups excluding carboxylic acids is 1. The summed E-state index contributed by atoms with van der Waals surface area (Å²) in [4.78, 5) is 11.6. The molecule has 1 aliphatic rings. The summed E-state index contributed by atoms with van der Waals surface area (Å²) in [5.74, 6) is 6.87. The van der Waals surface area contributed by atoms with Gasteiger partial charge >= 0.3 is 0 Å². The van der Waals surface area contributed by atoms with Gasteiger partial charge in [-0.15, -0.1) is 0 Å². The van der Waals surface area contributed by atoms with Crippen molar-refractivity contribution in [1.82, 2.24) is 0 Å². The zero-order valence-electron chi connectivity index (χ0n) is 12.2. The van der Waals surface area contributed by atoms with E-state index in [-0.39, 0.29) is 5.91 Å². The Morgan fingerprint density at radius 3 is 2.57 bits per heavy atom. The number of nitrogen functional groups attached to an aromatic ring is 1. The van der Waals surface area contributed by atoms with E-state index in [4.69, 9.17) is 10.6 Å². The van der Waals surface area contributed by atoms with E-state index in [1.165, 1.54) is 0 Å². The van der Waals surface area contributed by atoms with Gasteiger partial charge in [-0.2, -0.15) is 0 Å². The van der Waals surface area contributed by atoms with E-state index < -0.39 is 0 Å². The van der Waals surface area contributed by atoms with Crippen LogP contribution in [0.4, 0.5) is 11.4 Å². The number of fused-ring (bicyclic) bond motifs is 1. The fraction of sp³-hybridized carbons (Fsp3) is 0.188. The number of hydrogen-bond acceptors (Lipinski definition) is 4. The number of amides is 1. The molecule has 2 aromatic carbocycles. The van der Waals surface area contributed by atoms with Crippen molar-refractivity contribution in [2.45, 2.75) is 19.3 Å². The Balaban J connectivity index is 1.90. The summed E-state index contributed by atoms with van der Waals surface area (Å²) in [6.07, 6.45) is 2.24. The number of nitrogens with one attached hydrogen (secondary N) is 2. The quantitative estimate of drug-likeness (QED) is 0.482. The first-order chi connectivity index (χ1) is 11.1. The molecular formula is C16H15Br2N3O2. The minimum atomic E-state index is 0.0628. The Morgan fingerprint density at radius 1 is 1.13 bits per heavy atom. The molecule has 5 nitrogen and oxygen atoms in total. The summed E-state index contributed by atoms with van der Waals surface area (Å²) < 4.78 is 7.56. The van der Waals surface area contributed by atoms with Gasteiger partial charge in [0.15, 0.2) is 5.75 Å². The third-order valence-electron chi connectivity index (χ3n) is 3.59. The molecule has 7 heteroatoms. The first-order valence-electron chi connectivity index (χ1n) is 7.13. The highest BCUT2D eigenvalue weighted by Gasteiger charge is 2.15. The molecule has 0 radical (unpaired) electrons. The molecule has 0 aromatic heterocycles. The fourth-order valence-electron chi connectivity index (χ4n) is 2.47. The van der Waals surface area contributed by atoms with E-state index in [0.717, 1.165) is 44.5 Å². The summed E-state index contributed by atoms with van der Waals surface area (Å²) in [6.45, 7) is 0. The van der Waals surface area contributed by atoms with Crippen molar-refractivity contribution in [1.29, 1.82) is 0 Å². The van der Waals surface area contributed by atoms with E-state index in [9.17, 15) is 4.79 Å². The SMILES string of the molecule is NNc1cc(Br)c(Oc2ccc3c(c2)CCCC(=O)N3)c(Br)c1. The summed E-state index contributed by atoms with van der Waals surface area (Å²) in [7, 11) is 0. The van der Waals surface area contributed by atoms with Crippen molar-refractivity contribution in [2.75, 3.05) is 10.7 Å². The molecule has 1 amide bonds. The van der Waals surface area contributed by atoms with Gasteiger partial charge in [0, 0.05) is 12.1 Å². The van der Waals surface area contributed by atoms with Crippen molar-refractivity contribution < 1.29 is 9.53 Å². The predicted octanol–water partition coefficient (Wildman–Crippen LogP) is 4.56. The Bertz CT molecular complexity index is 742. The van der Waals surface area contributed by atoms with Crippen LogP contribution in [0.2, 0.25) is 0 Å².